The Morgan fingerprint density at radius 1 is 0.228 bits per heavy atom. The second kappa shape index (κ2) is 12.5. The molecule has 3 heterocycles. The minimum atomic E-state index is 1.14. The van der Waals surface area contributed by atoms with Gasteiger partial charge in [0.05, 0.1) is 44.5 Å². The first-order valence-corrected chi connectivity index (χ1v) is 19.6. The largest absolute Gasteiger partial charge is 0.309 e. The lowest BCUT2D eigenvalue weighted by atomic mass is 9.94. The summed E-state index contributed by atoms with van der Waals surface area (Å²) in [5, 5.41) is 7.52. The number of fused-ring (bicyclic) bond motifs is 9. The van der Waals surface area contributed by atoms with E-state index < -0.39 is 0 Å². The van der Waals surface area contributed by atoms with Gasteiger partial charge in [-0.1, -0.05) is 158 Å². The van der Waals surface area contributed by atoms with Crippen molar-refractivity contribution in [3.63, 3.8) is 0 Å². The number of para-hydroxylation sites is 8. The maximum absolute atomic E-state index is 2.50. The highest BCUT2D eigenvalue weighted by Crippen LogP contribution is 2.44. The molecule has 0 amide bonds. The van der Waals surface area contributed by atoms with Crippen LogP contribution in [0.15, 0.2) is 212 Å². The van der Waals surface area contributed by atoms with Gasteiger partial charge in [-0.3, -0.25) is 0 Å². The lowest BCUT2D eigenvalue weighted by molar-refractivity contribution is 1.16. The van der Waals surface area contributed by atoms with Gasteiger partial charge in [-0.15, -0.1) is 0 Å². The maximum Gasteiger partial charge on any atom is 0.0619 e. The monoisotopic (exact) mass is 725 g/mol. The average molecular weight is 726 g/mol. The van der Waals surface area contributed by atoms with Crippen molar-refractivity contribution >= 4 is 65.4 Å². The van der Waals surface area contributed by atoms with Crippen LogP contribution < -0.4 is 0 Å². The smallest absolute Gasteiger partial charge is 0.0619 e. The molecule has 0 bridgehead atoms. The molecule has 3 nitrogen and oxygen atoms in total. The fourth-order valence-corrected chi connectivity index (χ4v) is 9.47. The fourth-order valence-electron chi connectivity index (χ4n) is 9.47. The second-order valence-corrected chi connectivity index (χ2v) is 14.9. The van der Waals surface area contributed by atoms with Crippen LogP contribution in [0.5, 0.6) is 0 Å². The van der Waals surface area contributed by atoms with Crippen molar-refractivity contribution in [1.82, 2.24) is 13.7 Å². The van der Waals surface area contributed by atoms with Crippen LogP contribution in [0, 0.1) is 0 Å². The van der Waals surface area contributed by atoms with E-state index in [1.807, 2.05) is 0 Å². The summed E-state index contributed by atoms with van der Waals surface area (Å²) in [7, 11) is 0. The van der Waals surface area contributed by atoms with E-state index in [0.717, 1.165) is 22.6 Å². The Balaban J connectivity index is 1.14. The lowest BCUT2D eigenvalue weighted by Gasteiger charge is -2.21. The summed E-state index contributed by atoms with van der Waals surface area (Å²) in [5.41, 5.74) is 15.3. The van der Waals surface area contributed by atoms with Crippen LogP contribution in [-0.2, 0) is 0 Å². The predicted molar refractivity (Wildman–Crippen MR) is 240 cm³/mol. The second-order valence-electron chi connectivity index (χ2n) is 14.9. The summed E-state index contributed by atoms with van der Waals surface area (Å²) in [4.78, 5) is 0. The van der Waals surface area contributed by atoms with Crippen molar-refractivity contribution in [1.29, 1.82) is 0 Å². The molecular formula is C54H35N3. The van der Waals surface area contributed by atoms with Gasteiger partial charge in [0.25, 0.3) is 0 Å². The van der Waals surface area contributed by atoms with Crippen molar-refractivity contribution in [2.45, 2.75) is 0 Å². The molecule has 0 aliphatic heterocycles. The minimum Gasteiger partial charge on any atom is -0.309 e. The molecule has 0 saturated carbocycles. The zero-order valence-corrected chi connectivity index (χ0v) is 31.0. The van der Waals surface area contributed by atoms with E-state index in [4.69, 9.17) is 0 Å². The van der Waals surface area contributed by atoms with E-state index in [0.29, 0.717) is 0 Å². The molecule has 9 aromatic carbocycles. The van der Waals surface area contributed by atoms with Crippen molar-refractivity contribution in [3.8, 4) is 39.3 Å². The Hall–Kier alpha value is -7.62. The van der Waals surface area contributed by atoms with Gasteiger partial charge in [-0.2, -0.15) is 0 Å². The number of benzene rings is 9. The van der Waals surface area contributed by atoms with Crippen molar-refractivity contribution in [2.24, 2.45) is 0 Å². The summed E-state index contributed by atoms with van der Waals surface area (Å²) in [6, 6.07) is 77.5. The van der Waals surface area contributed by atoms with E-state index in [2.05, 4.69) is 226 Å². The standard InChI is InChI=1S/C54H35N3/c1-8-25-47-39(16-1)40-17-2-9-26-48(40)55(47)37-34-32-36(33-35-37)38-23-15-24-46(54(38)57-52-30-13-5-20-43(52)44-21-6-14-31-53(44)57)45-22-7-12-29-51(45)56-49-27-10-3-18-41(49)42-19-4-11-28-50(42)56/h1-35H. The zero-order chi connectivity index (χ0) is 37.5. The van der Waals surface area contributed by atoms with Crippen LogP contribution in [0.2, 0.25) is 0 Å². The topological polar surface area (TPSA) is 14.8 Å². The summed E-state index contributed by atoms with van der Waals surface area (Å²) in [5.74, 6) is 0. The van der Waals surface area contributed by atoms with E-state index in [1.54, 1.807) is 0 Å². The molecule has 0 unspecified atom stereocenters. The summed E-state index contributed by atoms with van der Waals surface area (Å²) < 4.78 is 7.34. The number of rotatable bonds is 5. The summed E-state index contributed by atoms with van der Waals surface area (Å²) in [6.45, 7) is 0. The minimum absolute atomic E-state index is 1.14. The van der Waals surface area contributed by atoms with Crippen LogP contribution in [0.4, 0.5) is 0 Å². The van der Waals surface area contributed by atoms with Crippen LogP contribution >= 0.6 is 0 Å². The summed E-state index contributed by atoms with van der Waals surface area (Å²) in [6.07, 6.45) is 0. The Kier molecular flexibility index (Phi) is 6.93. The van der Waals surface area contributed by atoms with Gasteiger partial charge in [0.15, 0.2) is 0 Å². The van der Waals surface area contributed by atoms with Crippen LogP contribution in [-0.4, -0.2) is 13.7 Å². The van der Waals surface area contributed by atoms with Crippen molar-refractivity contribution in [2.75, 3.05) is 0 Å². The number of nitrogens with zero attached hydrogens (tertiary/aromatic N) is 3. The van der Waals surface area contributed by atoms with Gasteiger partial charge in [0, 0.05) is 54.7 Å². The molecule has 12 rings (SSSR count). The fraction of sp³-hybridized carbons (Fsp3) is 0. The molecule has 0 N–H and O–H groups in total. The number of hydrogen-bond donors (Lipinski definition) is 0. The summed E-state index contributed by atoms with van der Waals surface area (Å²) >= 11 is 0. The highest BCUT2D eigenvalue weighted by atomic mass is 15.0. The van der Waals surface area contributed by atoms with E-state index in [-0.39, 0.29) is 0 Å². The molecule has 0 atom stereocenters. The van der Waals surface area contributed by atoms with Crippen LogP contribution in [0.3, 0.4) is 0 Å². The first-order valence-electron chi connectivity index (χ1n) is 19.6. The van der Waals surface area contributed by atoms with Crippen molar-refractivity contribution < 1.29 is 0 Å². The Labute approximate surface area is 329 Å². The van der Waals surface area contributed by atoms with Gasteiger partial charge in [-0.25, -0.2) is 0 Å². The third kappa shape index (κ3) is 4.66. The van der Waals surface area contributed by atoms with Gasteiger partial charge >= 0.3 is 0 Å². The number of hydrogen-bond acceptors (Lipinski definition) is 0. The van der Waals surface area contributed by atoms with E-state index in [1.165, 1.54) is 82.1 Å². The molecule has 12 aromatic rings. The van der Waals surface area contributed by atoms with E-state index >= 15 is 0 Å². The molecule has 0 saturated heterocycles. The predicted octanol–water partition coefficient (Wildman–Crippen LogP) is 14.3. The quantitative estimate of drug-likeness (QED) is 0.168. The molecule has 3 heteroatoms. The normalized spacial score (nSPS) is 11.9. The molecule has 0 spiro atoms. The maximum atomic E-state index is 2.50. The van der Waals surface area contributed by atoms with Crippen LogP contribution in [0.25, 0.3) is 105 Å². The third-order valence-corrected chi connectivity index (χ3v) is 11.9. The van der Waals surface area contributed by atoms with E-state index in [9.17, 15) is 0 Å². The van der Waals surface area contributed by atoms with Crippen molar-refractivity contribution in [3.05, 3.63) is 212 Å². The van der Waals surface area contributed by atoms with Gasteiger partial charge in [0.1, 0.15) is 0 Å². The first kappa shape index (κ1) is 31.7. The third-order valence-electron chi connectivity index (χ3n) is 11.9. The van der Waals surface area contributed by atoms with Gasteiger partial charge in [-0.05, 0) is 60.2 Å². The molecule has 0 aliphatic rings. The van der Waals surface area contributed by atoms with Gasteiger partial charge in [0.2, 0.25) is 0 Å². The molecule has 0 fully saturated rings. The molecular weight excluding hydrogens is 691 g/mol. The SMILES string of the molecule is c1ccc(-n2c3ccccc3c3ccccc32)c(-c2cccc(-c3ccc(-n4c5ccccc5c5ccccc54)cc3)c2-n2c3ccccc3c3ccccc32)c1. The average Bonchev–Trinajstić information content (AvgIpc) is 3.92. The number of aromatic nitrogens is 3. The Morgan fingerprint density at radius 3 is 1.05 bits per heavy atom. The first-order chi connectivity index (χ1) is 28.3. The lowest BCUT2D eigenvalue weighted by Crippen LogP contribution is -2.03. The molecule has 0 aliphatic carbocycles. The molecule has 57 heavy (non-hydrogen) atoms. The van der Waals surface area contributed by atoms with Gasteiger partial charge < -0.3 is 13.7 Å². The Morgan fingerprint density at radius 2 is 0.579 bits per heavy atom. The molecule has 3 aromatic heterocycles. The Bertz CT molecular complexity index is 3360. The molecule has 266 valence electrons. The van der Waals surface area contributed by atoms with Crippen LogP contribution in [0.1, 0.15) is 0 Å². The highest BCUT2D eigenvalue weighted by Gasteiger charge is 2.23. The molecule has 0 radical (unpaired) electrons. The highest BCUT2D eigenvalue weighted by molar-refractivity contribution is 6.12. The zero-order valence-electron chi connectivity index (χ0n) is 31.0.